The van der Waals surface area contributed by atoms with E-state index in [0.717, 1.165) is 36.0 Å². The molecular weight excluding hydrogens is 240 g/mol. The lowest BCUT2D eigenvalue weighted by molar-refractivity contribution is 0.490. The van der Waals surface area contributed by atoms with E-state index in [1.807, 2.05) is 45.0 Å². The molecule has 0 bridgehead atoms. The molecule has 2 aromatic rings. The third-order valence-electron chi connectivity index (χ3n) is 2.73. The van der Waals surface area contributed by atoms with Gasteiger partial charge in [-0.15, -0.1) is 10.2 Å². The lowest BCUT2D eigenvalue weighted by atomic mass is 10.0. The maximum Gasteiger partial charge on any atom is 0.154 e. The van der Waals surface area contributed by atoms with Gasteiger partial charge in [-0.05, 0) is 51.5 Å². The standard InChI is InChI=1S/C14H20N4O/c1-10-4-6-12(19-10)11-5-7-13(18-17-11)16-9-8-14(2,3)15/h4-7H,8-9,15H2,1-3H3,(H,16,18). The summed E-state index contributed by atoms with van der Waals surface area (Å²) in [6.45, 7) is 6.68. The first-order valence-corrected chi connectivity index (χ1v) is 6.37. The highest BCUT2D eigenvalue weighted by Gasteiger charge is 2.10. The molecule has 0 aliphatic heterocycles. The predicted molar refractivity (Wildman–Crippen MR) is 75.8 cm³/mol. The number of nitrogens with zero attached hydrogens (tertiary/aromatic N) is 2. The second kappa shape index (κ2) is 5.40. The van der Waals surface area contributed by atoms with Crippen LogP contribution in [0.15, 0.2) is 28.7 Å². The van der Waals surface area contributed by atoms with Crippen LogP contribution in [0, 0.1) is 6.92 Å². The average molecular weight is 260 g/mol. The van der Waals surface area contributed by atoms with Crippen LogP contribution in [0.5, 0.6) is 0 Å². The first kappa shape index (κ1) is 13.5. The maximum absolute atomic E-state index is 5.91. The molecule has 0 aromatic carbocycles. The molecule has 0 fully saturated rings. The zero-order valence-corrected chi connectivity index (χ0v) is 11.6. The van der Waals surface area contributed by atoms with Gasteiger partial charge in [0, 0.05) is 12.1 Å². The van der Waals surface area contributed by atoms with Crippen LogP contribution in [-0.4, -0.2) is 22.3 Å². The quantitative estimate of drug-likeness (QED) is 0.864. The molecule has 0 saturated heterocycles. The van der Waals surface area contributed by atoms with Crippen molar-refractivity contribution in [2.75, 3.05) is 11.9 Å². The molecule has 0 aliphatic rings. The molecule has 2 heterocycles. The molecular formula is C14H20N4O. The molecule has 102 valence electrons. The smallest absolute Gasteiger partial charge is 0.154 e. The van der Waals surface area contributed by atoms with Crippen molar-refractivity contribution in [2.45, 2.75) is 32.7 Å². The Labute approximate surface area is 113 Å². The summed E-state index contributed by atoms with van der Waals surface area (Å²) in [5.74, 6) is 2.35. The van der Waals surface area contributed by atoms with Crippen molar-refractivity contribution in [1.29, 1.82) is 0 Å². The van der Waals surface area contributed by atoms with Gasteiger partial charge in [0.1, 0.15) is 17.3 Å². The fourth-order valence-electron chi connectivity index (χ4n) is 1.64. The van der Waals surface area contributed by atoms with Crippen LogP contribution in [0.4, 0.5) is 5.82 Å². The van der Waals surface area contributed by atoms with Gasteiger partial charge in [-0.25, -0.2) is 0 Å². The van der Waals surface area contributed by atoms with Crippen molar-refractivity contribution in [3.8, 4) is 11.5 Å². The summed E-state index contributed by atoms with van der Waals surface area (Å²) in [5.41, 5.74) is 6.47. The summed E-state index contributed by atoms with van der Waals surface area (Å²) in [4.78, 5) is 0. The normalized spacial score (nSPS) is 11.6. The Hall–Kier alpha value is -1.88. The van der Waals surface area contributed by atoms with Crippen molar-refractivity contribution in [2.24, 2.45) is 5.73 Å². The molecule has 5 heteroatoms. The van der Waals surface area contributed by atoms with Crippen LogP contribution in [0.3, 0.4) is 0 Å². The lowest BCUT2D eigenvalue weighted by Gasteiger charge is -2.18. The number of furan rings is 1. The van der Waals surface area contributed by atoms with Gasteiger partial charge in [0.25, 0.3) is 0 Å². The minimum Gasteiger partial charge on any atom is -0.460 e. The van der Waals surface area contributed by atoms with E-state index in [0.29, 0.717) is 0 Å². The Morgan fingerprint density at radius 3 is 2.53 bits per heavy atom. The van der Waals surface area contributed by atoms with Crippen molar-refractivity contribution in [1.82, 2.24) is 10.2 Å². The number of nitrogens with two attached hydrogens (primary N) is 1. The molecule has 0 atom stereocenters. The molecule has 0 spiro atoms. The molecule has 0 amide bonds. The molecule has 0 aliphatic carbocycles. The molecule has 0 unspecified atom stereocenters. The second-order valence-corrected chi connectivity index (χ2v) is 5.38. The number of nitrogens with one attached hydrogen (secondary N) is 1. The lowest BCUT2D eigenvalue weighted by Crippen LogP contribution is -2.34. The van der Waals surface area contributed by atoms with E-state index in [9.17, 15) is 0 Å². The number of hydrogen-bond donors (Lipinski definition) is 2. The Morgan fingerprint density at radius 1 is 1.21 bits per heavy atom. The summed E-state index contributed by atoms with van der Waals surface area (Å²) in [6, 6.07) is 7.58. The zero-order chi connectivity index (χ0) is 13.9. The highest BCUT2D eigenvalue weighted by molar-refractivity contribution is 5.53. The maximum atomic E-state index is 5.91. The van der Waals surface area contributed by atoms with E-state index in [1.165, 1.54) is 0 Å². The van der Waals surface area contributed by atoms with Gasteiger partial charge in [0.05, 0.1) is 0 Å². The molecule has 0 saturated carbocycles. The SMILES string of the molecule is Cc1ccc(-c2ccc(NCCC(C)(C)N)nn2)o1. The van der Waals surface area contributed by atoms with E-state index < -0.39 is 0 Å². The Kier molecular flexibility index (Phi) is 3.85. The van der Waals surface area contributed by atoms with Gasteiger partial charge in [-0.3, -0.25) is 0 Å². The third kappa shape index (κ3) is 4.06. The van der Waals surface area contributed by atoms with Crippen LogP contribution in [0.25, 0.3) is 11.5 Å². The molecule has 19 heavy (non-hydrogen) atoms. The summed E-state index contributed by atoms with van der Waals surface area (Å²) in [6.07, 6.45) is 0.869. The fraction of sp³-hybridized carbons (Fsp3) is 0.429. The molecule has 5 nitrogen and oxygen atoms in total. The Bertz CT molecular complexity index is 525. The molecule has 2 aromatic heterocycles. The average Bonchev–Trinajstić information content (AvgIpc) is 2.75. The monoisotopic (exact) mass is 260 g/mol. The second-order valence-electron chi connectivity index (χ2n) is 5.38. The topological polar surface area (TPSA) is 77.0 Å². The molecule has 0 radical (unpaired) electrons. The van der Waals surface area contributed by atoms with Gasteiger partial charge in [0.15, 0.2) is 5.76 Å². The highest BCUT2D eigenvalue weighted by Crippen LogP contribution is 2.19. The van der Waals surface area contributed by atoms with Gasteiger partial charge in [0.2, 0.25) is 0 Å². The van der Waals surface area contributed by atoms with E-state index in [2.05, 4.69) is 15.5 Å². The van der Waals surface area contributed by atoms with Gasteiger partial charge < -0.3 is 15.5 Å². The minimum absolute atomic E-state index is 0.175. The third-order valence-corrected chi connectivity index (χ3v) is 2.73. The van der Waals surface area contributed by atoms with Crippen LogP contribution in [0.2, 0.25) is 0 Å². The molecule has 3 N–H and O–H groups in total. The van der Waals surface area contributed by atoms with Crippen molar-refractivity contribution in [3.63, 3.8) is 0 Å². The van der Waals surface area contributed by atoms with Gasteiger partial charge in [-0.2, -0.15) is 0 Å². The van der Waals surface area contributed by atoms with Crippen molar-refractivity contribution < 1.29 is 4.42 Å². The summed E-state index contributed by atoms with van der Waals surface area (Å²) in [7, 11) is 0. The van der Waals surface area contributed by atoms with Crippen LogP contribution in [-0.2, 0) is 0 Å². The van der Waals surface area contributed by atoms with E-state index in [4.69, 9.17) is 10.2 Å². The van der Waals surface area contributed by atoms with Crippen LogP contribution >= 0.6 is 0 Å². The largest absolute Gasteiger partial charge is 0.460 e. The number of rotatable bonds is 5. The van der Waals surface area contributed by atoms with Gasteiger partial charge in [-0.1, -0.05) is 0 Å². The van der Waals surface area contributed by atoms with Crippen LogP contribution in [0.1, 0.15) is 26.0 Å². The van der Waals surface area contributed by atoms with E-state index in [1.54, 1.807) is 0 Å². The Balaban J connectivity index is 1.95. The first-order chi connectivity index (χ1) is 8.94. The number of anilines is 1. The first-order valence-electron chi connectivity index (χ1n) is 6.37. The highest BCUT2D eigenvalue weighted by atomic mass is 16.3. The fourth-order valence-corrected chi connectivity index (χ4v) is 1.64. The summed E-state index contributed by atoms with van der Waals surface area (Å²) < 4.78 is 5.50. The van der Waals surface area contributed by atoms with Gasteiger partial charge >= 0.3 is 0 Å². The van der Waals surface area contributed by atoms with Crippen molar-refractivity contribution in [3.05, 3.63) is 30.0 Å². The number of aryl methyl sites for hydroxylation is 1. The predicted octanol–water partition coefficient (Wildman–Crippen LogP) is 2.58. The van der Waals surface area contributed by atoms with E-state index in [-0.39, 0.29) is 5.54 Å². The van der Waals surface area contributed by atoms with E-state index >= 15 is 0 Å². The minimum atomic E-state index is -0.175. The van der Waals surface area contributed by atoms with Crippen LogP contribution < -0.4 is 11.1 Å². The number of aromatic nitrogens is 2. The summed E-state index contributed by atoms with van der Waals surface area (Å²) in [5, 5.41) is 11.5. The molecule has 2 rings (SSSR count). The Morgan fingerprint density at radius 2 is 2.00 bits per heavy atom. The number of hydrogen-bond acceptors (Lipinski definition) is 5. The zero-order valence-electron chi connectivity index (χ0n) is 11.6. The van der Waals surface area contributed by atoms with Crippen molar-refractivity contribution >= 4 is 5.82 Å². The summed E-state index contributed by atoms with van der Waals surface area (Å²) >= 11 is 0.